The molecule has 1 fully saturated rings. The zero-order chi connectivity index (χ0) is 10.6. The molecule has 0 radical (unpaired) electrons. The van der Waals surface area contributed by atoms with Crippen LogP contribution in [0, 0.1) is 5.41 Å². The minimum Gasteiger partial charge on any atom is -0.355 e. The van der Waals surface area contributed by atoms with Gasteiger partial charge >= 0.3 is 0 Å². The van der Waals surface area contributed by atoms with Crippen molar-refractivity contribution in [2.45, 2.75) is 19.8 Å². The van der Waals surface area contributed by atoms with E-state index in [1.165, 1.54) is 0 Å². The molecule has 4 N–H and O–H groups in total. The normalized spacial score (nSPS) is 17.3. The molecule has 0 bridgehead atoms. The van der Waals surface area contributed by atoms with Crippen LogP contribution in [0.25, 0.3) is 0 Å². The Morgan fingerprint density at radius 3 is 2.43 bits per heavy atom. The summed E-state index contributed by atoms with van der Waals surface area (Å²) in [5.41, 5.74) is 5.10. The summed E-state index contributed by atoms with van der Waals surface area (Å²) in [6, 6.07) is 0. The Kier molecular flexibility index (Phi) is 3.46. The molecule has 14 heavy (non-hydrogen) atoms. The molecule has 1 saturated carbocycles. The first-order valence-corrected chi connectivity index (χ1v) is 4.89. The van der Waals surface area contributed by atoms with Crippen LogP contribution in [0.15, 0.2) is 0 Å². The van der Waals surface area contributed by atoms with Crippen LogP contribution in [0.3, 0.4) is 0 Å². The van der Waals surface area contributed by atoms with Crippen LogP contribution in [-0.4, -0.2) is 31.4 Å². The van der Waals surface area contributed by atoms with Crippen LogP contribution in [0.4, 0.5) is 0 Å². The zero-order valence-corrected chi connectivity index (χ0v) is 8.43. The largest absolute Gasteiger partial charge is 0.355 e. The Balaban J connectivity index is 2.25. The minimum absolute atomic E-state index is 0.0500. The van der Waals surface area contributed by atoms with E-state index in [0.29, 0.717) is 13.1 Å². The molecule has 0 spiro atoms. The molecule has 0 aromatic carbocycles. The molecule has 1 aliphatic rings. The van der Waals surface area contributed by atoms with Gasteiger partial charge in [-0.2, -0.15) is 0 Å². The fraction of sp³-hybridized carbons (Fsp3) is 0.778. The van der Waals surface area contributed by atoms with E-state index in [4.69, 9.17) is 5.73 Å². The van der Waals surface area contributed by atoms with E-state index >= 15 is 0 Å². The van der Waals surface area contributed by atoms with Crippen LogP contribution in [0.1, 0.15) is 19.8 Å². The molecule has 0 aliphatic heterocycles. The van der Waals surface area contributed by atoms with E-state index in [0.717, 1.165) is 12.8 Å². The van der Waals surface area contributed by atoms with Gasteiger partial charge in [-0.15, -0.1) is 0 Å². The highest BCUT2D eigenvalue weighted by Crippen LogP contribution is 2.44. The van der Waals surface area contributed by atoms with Crippen molar-refractivity contribution in [1.82, 2.24) is 10.6 Å². The average Bonchev–Trinajstić information content (AvgIpc) is 2.95. The molecule has 1 rings (SSSR count). The quantitative estimate of drug-likeness (QED) is 0.530. The maximum absolute atomic E-state index is 11.5. The first-order chi connectivity index (χ1) is 6.64. The predicted octanol–water partition coefficient (Wildman–Crippen LogP) is -1.02. The lowest BCUT2D eigenvalue weighted by molar-refractivity contribution is -0.129. The van der Waals surface area contributed by atoms with Gasteiger partial charge < -0.3 is 16.4 Å². The van der Waals surface area contributed by atoms with E-state index in [-0.39, 0.29) is 23.8 Å². The summed E-state index contributed by atoms with van der Waals surface area (Å²) in [6.07, 6.45) is 1.68. The lowest BCUT2D eigenvalue weighted by Crippen LogP contribution is -2.42. The molecule has 0 aromatic rings. The summed E-state index contributed by atoms with van der Waals surface area (Å²) in [7, 11) is 0. The third-order valence-corrected chi connectivity index (χ3v) is 2.51. The predicted molar refractivity (Wildman–Crippen MR) is 52.4 cm³/mol. The second-order valence-corrected chi connectivity index (χ2v) is 3.62. The standard InChI is InChI=1S/C9H17N3O2/c1-2-11-7(13)5-12-8(14)9(6-10)3-4-9/h2-6,10H2,1H3,(H,11,13)(H,12,14). The van der Waals surface area contributed by atoms with Crippen molar-refractivity contribution in [2.75, 3.05) is 19.6 Å². The van der Waals surface area contributed by atoms with Crippen molar-refractivity contribution in [3.63, 3.8) is 0 Å². The maximum atomic E-state index is 11.5. The van der Waals surface area contributed by atoms with Crippen molar-refractivity contribution in [2.24, 2.45) is 11.1 Å². The van der Waals surface area contributed by atoms with Gasteiger partial charge in [-0.1, -0.05) is 0 Å². The van der Waals surface area contributed by atoms with E-state index in [1.54, 1.807) is 0 Å². The van der Waals surface area contributed by atoms with Gasteiger partial charge in [0, 0.05) is 13.1 Å². The molecule has 0 saturated heterocycles. The summed E-state index contributed by atoms with van der Waals surface area (Å²) in [5.74, 6) is -0.250. The molecule has 2 amide bonds. The van der Waals surface area contributed by atoms with Gasteiger partial charge in [0.05, 0.1) is 12.0 Å². The number of hydrogen-bond donors (Lipinski definition) is 3. The van der Waals surface area contributed by atoms with Gasteiger partial charge in [-0.05, 0) is 19.8 Å². The summed E-state index contributed by atoms with van der Waals surface area (Å²) >= 11 is 0. The second-order valence-electron chi connectivity index (χ2n) is 3.62. The third-order valence-electron chi connectivity index (χ3n) is 2.51. The van der Waals surface area contributed by atoms with Crippen molar-refractivity contribution in [3.8, 4) is 0 Å². The SMILES string of the molecule is CCNC(=O)CNC(=O)C1(CN)CC1. The number of carbonyl (C=O) groups excluding carboxylic acids is 2. The van der Waals surface area contributed by atoms with Crippen LogP contribution in [0.5, 0.6) is 0 Å². The van der Waals surface area contributed by atoms with E-state index in [1.807, 2.05) is 6.92 Å². The van der Waals surface area contributed by atoms with Crippen molar-refractivity contribution < 1.29 is 9.59 Å². The highest BCUT2D eigenvalue weighted by atomic mass is 16.2. The van der Waals surface area contributed by atoms with Gasteiger partial charge in [0.15, 0.2) is 0 Å². The fourth-order valence-corrected chi connectivity index (χ4v) is 1.28. The zero-order valence-electron chi connectivity index (χ0n) is 8.43. The highest BCUT2D eigenvalue weighted by Gasteiger charge is 2.48. The van der Waals surface area contributed by atoms with Crippen LogP contribution in [-0.2, 0) is 9.59 Å². The lowest BCUT2D eigenvalue weighted by Gasteiger charge is -2.12. The van der Waals surface area contributed by atoms with E-state index in [9.17, 15) is 9.59 Å². The van der Waals surface area contributed by atoms with Gasteiger partial charge in [-0.3, -0.25) is 9.59 Å². The van der Waals surface area contributed by atoms with Crippen molar-refractivity contribution in [3.05, 3.63) is 0 Å². The first kappa shape index (κ1) is 11.0. The van der Waals surface area contributed by atoms with E-state index < -0.39 is 0 Å². The molecule has 80 valence electrons. The van der Waals surface area contributed by atoms with Crippen LogP contribution < -0.4 is 16.4 Å². The molecule has 0 atom stereocenters. The lowest BCUT2D eigenvalue weighted by atomic mass is 10.1. The maximum Gasteiger partial charge on any atom is 0.239 e. The summed E-state index contributed by atoms with van der Waals surface area (Å²) < 4.78 is 0. The highest BCUT2D eigenvalue weighted by molar-refractivity contribution is 5.89. The van der Waals surface area contributed by atoms with E-state index in [2.05, 4.69) is 10.6 Å². The summed E-state index contributed by atoms with van der Waals surface area (Å²) in [4.78, 5) is 22.5. The molecule has 0 aromatic heterocycles. The average molecular weight is 199 g/mol. The number of carbonyl (C=O) groups is 2. The molecule has 0 heterocycles. The van der Waals surface area contributed by atoms with Crippen molar-refractivity contribution >= 4 is 11.8 Å². The molecule has 1 aliphatic carbocycles. The number of amides is 2. The Morgan fingerprint density at radius 1 is 1.36 bits per heavy atom. The third kappa shape index (κ3) is 2.45. The Bertz CT molecular complexity index is 236. The van der Waals surface area contributed by atoms with Crippen LogP contribution in [0.2, 0.25) is 0 Å². The Hall–Kier alpha value is -1.10. The first-order valence-electron chi connectivity index (χ1n) is 4.89. The number of nitrogens with one attached hydrogen (secondary N) is 2. The number of rotatable bonds is 5. The fourth-order valence-electron chi connectivity index (χ4n) is 1.28. The number of hydrogen-bond acceptors (Lipinski definition) is 3. The number of nitrogens with two attached hydrogens (primary N) is 1. The second kappa shape index (κ2) is 4.41. The Morgan fingerprint density at radius 2 is 2.00 bits per heavy atom. The molecular weight excluding hydrogens is 182 g/mol. The van der Waals surface area contributed by atoms with Crippen molar-refractivity contribution in [1.29, 1.82) is 0 Å². The summed E-state index contributed by atoms with van der Waals surface area (Å²) in [5, 5.41) is 5.20. The van der Waals surface area contributed by atoms with Gasteiger partial charge in [-0.25, -0.2) is 0 Å². The smallest absolute Gasteiger partial charge is 0.239 e. The topological polar surface area (TPSA) is 84.2 Å². The molecule has 0 unspecified atom stereocenters. The monoisotopic (exact) mass is 199 g/mol. The summed E-state index contributed by atoms with van der Waals surface area (Å²) in [6.45, 7) is 2.83. The molecule has 5 heteroatoms. The minimum atomic E-state index is -0.369. The molecule has 5 nitrogen and oxygen atoms in total. The van der Waals surface area contributed by atoms with Crippen LogP contribution >= 0.6 is 0 Å². The van der Waals surface area contributed by atoms with Gasteiger partial charge in [0.2, 0.25) is 11.8 Å². The number of likely N-dealkylation sites (N-methyl/N-ethyl adjacent to an activating group) is 1. The van der Waals surface area contributed by atoms with Gasteiger partial charge in [0.25, 0.3) is 0 Å². The van der Waals surface area contributed by atoms with Gasteiger partial charge in [0.1, 0.15) is 0 Å². The Labute approximate surface area is 83.4 Å². The molecular formula is C9H17N3O2.